The van der Waals surface area contributed by atoms with Crippen LogP contribution < -0.4 is 33.3 Å². The first-order chi connectivity index (χ1) is 11.2. The van der Waals surface area contributed by atoms with Crippen LogP contribution in [-0.4, -0.2) is 5.71 Å². The average Bonchev–Trinajstić information content (AvgIpc) is 2.72. The minimum Gasteiger partial charge on any atom is -1.00 e. The third-order valence-corrected chi connectivity index (χ3v) is 4.00. The summed E-state index contributed by atoms with van der Waals surface area (Å²) in [4.78, 5) is 4.84. The van der Waals surface area contributed by atoms with Crippen molar-refractivity contribution in [2.24, 2.45) is 12.0 Å². The molecular weight excluding hydrogens is 435 g/mol. The van der Waals surface area contributed by atoms with E-state index in [4.69, 9.17) is 21.3 Å². The molecule has 3 nitrogen and oxygen atoms in total. The zero-order chi connectivity index (χ0) is 15.8. The predicted molar refractivity (Wildman–Crippen MR) is 90.9 cm³/mol. The first-order valence-corrected chi connectivity index (χ1v) is 7.70. The van der Waals surface area contributed by atoms with Gasteiger partial charge in [0, 0.05) is 28.3 Å². The summed E-state index contributed by atoms with van der Waals surface area (Å²) in [6.45, 7) is 0. The van der Waals surface area contributed by atoms with Crippen molar-refractivity contribution in [3.63, 3.8) is 0 Å². The molecule has 120 valence electrons. The maximum Gasteiger partial charge on any atom is 0.169 e. The normalized spacial score (nSPS) is 12.0. The van der Waals surface area contributed by atoms with Crippen LogP contribution in [-0.2, 0) is 7.05 Å². The molecule has 1 aromatic heterocycles. The molecule has 0 saturated heterocycles. The van der Waals surface area contributed by atoms with Gasteiger partial charge in [-0.25, -0.2) is 9.56 Å². The molecule has 0 unspecified atom stereocenters. The van der Waals surface area contributed by atoms with Gasteiger partial charge in [0.25, 0.3) is 0 Å². The van der Waals surface area contributed by atoms with Gasteiger partial charge in [0.1, 0.15) is 18.5 Å². The van der Waals surface area contributed by atoms with Crippen molar-refractivity contribution >= 4 is 23.0 Å². The second kappa shape index (κ2) is 6.91. The SMILES string of the molecule is C[n+]1ccc(C2=Nc3cc(Cl)ccc3Oc3ccccc32)cc1.[I-]. The fourth-order valence-electron chi connectivity index (χ4n) is 2.59. The van der Waals surface area contributed by atoms with E-state index >= 15 is 0 Å². The Kier molecular flexibility index (Phi) is 4.87. The summed E-state index contributed by atoms with van der Waals surface area (Å²) in [6, 6.07) is 17.5. The Hall–Kier alpha value is -1.92. The van der Waals surface area contributed by atoms with E-state index in [0.29, 0.717) is 10.8 Å². The number of pyridine rings is 1. The van der Waals surface area contributed by atoms with Crippen LogP contribution >= 0.6 is 11.6 Å². The molecule has 2 aromatic carbocycles. The third kappa shape index (κ3) is 3.16. The molecule has 2 heterocycles. The molecule has 1 aliphatic heterocycles. The lowest BCUT2D eigenvalue weighted by Crippen LogP contribution is -3.00. The van der Waals surface area contributed by atoms with Crippen LogP contribution in [0.1, 0.15) is 11.1 Å². The van der Waals surface area contributed by atoms with Gasteiger partial charge in [0.15, 0.2) is 18.1 Å². The fraction of sp³-hybridized carbons (Fsp3) is 0.0526. The quantitative estimate of drug-likeness (QED) is 0.320. The van der Waals surface area contributed by atoms with Crippen LogP contribution in [0.2, 0.25) is 5.02 Å². The summed E-state index contributed by atoms with van der Waals surface area (Å²) in [5, 5.41) is 0.640. The second-order valence-corrected chi connectivity index (χ2v) is 5.86. The summed E-state index contributed by atoms with van der Waals surface area (Å²) < 4.78 is 8.05. The minimum atomic E-state index is 0. The Labute approximate surface area is 162 Å². The van der Waals surface area contributed by atoms with E-state index in [9.17, 15) is 0 Å². The number of benzene rings is 2. The molecule has 24 heavy (non-hydrogen) atoms. The molecule has 3 aromatic rings. The summed E-state index contributed by atoms with van der Waals surface area (Å²) in [7, 11) is 1.99. The third-order valence-electron chi connectivity index (χ3n) is 3.77. The molecule has 4 rings (SSSR count). The van der Waals surface area contributed by atoms with Gasteiger partial charge in [-0.2, -0.15) is 0 Å². The maximum atomic E-state index is 6.13. The predicted octanol–water partition coefficient (Wildman–Crippen LogP) is 1.44. The van der Waals surface area contributed by atoms with Gasteiger partial charge in [-0.15, -0.1) is 0 Å². The number of ether oxygens (including phenoxy) is 1. The van der Waals surface area contributed by atoms with Crippen molar-refractivity contribution in [3.05, 3.63) is 83.1 Å². The first-order valence-electron chi connectivity index (χ1n) is 7.32. The zero-order valence-corrected chi connectivity index (χ0v) is 15.8. The first kappa shape index (κ1) is 16.9. The van der Waals surface area contributed by atoms with E-state index < -0.39 is 0 Å². The lowest BCUT2D eigenvalue weighted by atomic mass is 10.0. The monoisotopic (exact) mass is 448 g/mol. The van der Waals surface area contributed by atoms with Crippen molar-refractivity contribution in [1.29, 1.82) is 0 Å². The standard InChI is InChI=1S/C19H14ClN2O.HI/c1-22-10-8-13(9-11-22)19-15-4-2-3-5-17(15)23-18-7-6-14(20)12-16(18)21-19;/h2-12H,1H3;1H/q+1;/p-1. The number of hydrogen-bond donors (Lipinski definition) is 0. The summed E-state index contributed by atoms with van der Waals surface area (Å²) >= 11 is 6.13. The van der Waals surface area contributed by atoms with Crippen molar-refractivity contribution in [3.8, 4) is 11.5 Å². The van der Waals surface area contributed by atoms with E-state index in [0.717, 1.165) is 28.3 Å². The smallest absolute Gasteiger partial charge is 0.169 e. The van der Waals surface area contributed by atoms with Gasteiger partial charge in [0.05, 0.1) is 5.71 Å². The van der Waals surface area contributed by atoms with Crippen LogP contribution in [0.25, 0.3) is 0 Å². The van der Waals surface area contributed by atoms with Crippen LogP contribution in [0.5, 0.6) is 11.5 Å². The summed E-state index contributed by atoms with van der Waals surface area (Å²) in [5.41, 5.74) is 3.61. The topological polar surface area (TPSA) is 25.5 Å². The van der Waals surface area contributed by atoms with Gasteiger partial charge >= 0.3 is 0 Å². The molecule has 0 spiro atoms. The molecule has 1 aliphatic rings. The molecule has 0 amide bonds. The molecule has 0 saturated carbocycles. The molecule has 0 radical (unpaired) electrons. The lowest BCUT2D eigenvalue weighted by Gasteiger charge is -2.09. The Morgan fingerprint density at radius 3 is 2.50 bits per heavy atom. The highest BCUT2D eigenvalue weighted by molar-refractivity contribution is 6.31. The Bertz CT molecular complexity index is 923. The van der Waals surface area contributed by atoms with Gasteiger partial charge in [0.2, 0.25) is 0 Å². The second-order valence-electron chi connectivity index (χ2n) is 5.42. The van der Waals surface area contributed by atoms with E-state index in [-0.39, 0.29) is 24.0 Å². The summed E-state index contributed by atoms with van der Waals surface area (Å²) in [6.07, 6.45) is 4.01. The number of aryl methyl sites for hydroxylation is 1. The summed E-state index contributed by atoms with van der Waals surface area (Å²) in [5.74, 6) is 1.50. The highest BCUT2D eigenvalue weighted by Crippen LogP contribution is 2.39. The molecule has 0 fully saturated rings. The molecule has 0 aliphatic carbocycles. The van der Waals surface area contributed by atoms with Crippen LogP contribution in [0.15, 0.2) is 72.0 Å². The van der Waals surface area contributed by atoms with E-state index in [2.05, 4.69) is 0 Å². The highest BCUT2D eigenvalue weighted by atomic mass is 127. The van der Waals surface area contributed by atoms with Crippen LogP contribution in [0, 0.1) is 0 Å². The van der Waals surface area contributed by atoms with Gasteiger partial charge in [-0.05, 0) is 30.3 Å². The van der Waals surface area contributed by atoms with E-state index in [1.54, 1.807) is 0 Å². The number of para-hydroxylation sites is 1. The van der Waals surface area contributed by atoms with Gasteiger partial charge in [-0.3, -0.25) is 0 Å². The number of rotatable bonds is 1. The number of nitrogens with zero attached hydrogens (tertiary/aromatic N) is 2. The van der Waals surface area contributed by atoms with E-state index in [1.807, 2.05) is 78.6 Å². The number of hydrogen-bond acceptors (Lipinski definition) is 2. The Morgan fingerprint density at radius 2 is 1.71 bits per heavy atom. The fourth-order valence-corrected chi connectivity index (χ4v) is 2.76. The Balaban J connectivity index is 0.00000169. The van der Waals surface area contributed by atoms with Crippen molar-refractivity contribution in [2.45, 2.75) is 0 Å². The molecule has 0 bridgehead atoms. The number of fused-ring (bicyclic) bond motifs is 2. The van der Waals surface area contributed by atoms with E-state index in [1.165, 1.54) is 0 Å². The van der Waals surface area contributed by atoms with Crippen LogP contribution in [0.4, 0.5) is 5.69 Å². The maximum absolute atomic E-state index is 6.13. The average molecular weight is 449 g/mol. The zero-order valence-electron chi connectivity index (χ0n) is 12.9. The minimum absolute atomic E-state index is 0. The van der Waals surface area contributed by atoms with Crippen molar-refractivity contribution < 1.29 is 33.3 Å². The van der Waals surface area contributed by atoms with Gasteiger partial charge < -0.3 is 28.7 Å². The largest absolute Gasteiger partial charge is 1.00 e. The Morgan fingerprint density at radius 1 is 0.958 bits per heavy atom. The number of halogens is 2. The molecule has 5 heteroatoms. The number of aliphatic imine (C=N–C) groups is 1. The highest BCUT2D eigenvalue weighted by Gasteiger charge is 2.19. The number of aromatic nitrogens is 1. The molecule has 0 atom stereocenters. The lowest BCUT2D eigenvalue weighted by molar-refractivity contribution is -0.671. The van der Waals surface area contributed by atoms with Gasteiger partial charge in [-0.1, -0.05) is 23.7 Å². The molecular formula is C19H14ClIN2O. The van der Waals surface area contributed by atoms with Crippen molar-refractivity contribution in [2.75, 3.05) is 0 Å². The molecule has 0 N–H and O–H groups in total. The van der Waals surface area contributed by atoms with Crippen molar-refractivity contribution in [1.82, 2.24) is 0 Å². The van der Waals surface area contributed by atoms with Crippen LogP contribution in [0.3, 0.4) is 0 Å².